The van der Waals surface area contributed by atoms with E-state index in [1.807, 2.05) is 0 Å². The maximum Gasteiger partial charge on any atom is 0.272 e. The van der Waals surface area contributed by atoms with Crippen molar-refractivity contribution in [3.8, 4) is 0 Å². The summed E-state index contributed by atoms with van der Waals surface area (Å²) in [6, 6.07) is 0. The number of fused-ring (bicyclic) bond motifs is 1. The van der Waals surface area contributed by atoms with Crippen molar-refractivity contribution in [3.63, 3.8) is 0 Å². The lowest BCUT2D eigenvalue weighted by Crippen LogP contribution is -2.26. The number of carbonyl (C=O) groups excluding carboxylic acids is 1. The maximum atomic E-state index is 12.3. The number of imidazole rings is 1. The number of rotatable bonds is 5. The van der Waals surface area contributed by atoms with Gasteiger partial charge in [0.1, 0.15) is 0 Å². The van der Waals surface area contributed by atoms with E-state index in [1.54, 1.807) is 12.5 Å². The average molecular weight is 303 g/mol. The van der Waals surface area contributed by atoms with Crippen LogP contribution in [0.1, 0.15) is 41.3 Å². The van der Waals surface area contributed by atoms with Crippen LogP contribution in [0.2, 0.25) is 0 Å². The van der Waals surface area contributed by atoms with Crippen molar-refractivity contribution in [1.82, 2.24) is 25.1 Å². The Kier molecular flexibility index (Phi) is 4.24. The molecular weight excluding hydrogens is 282 g/mol. The van der Waals surface area contributed by atoms with Gasteiger partial charge in [-0.25, -0.2) is 4.98 Å². The van der Waals surface area contributed by atoms with Gasteiger partial charge < -0.3 is 14.6 Å². The van der Waals surface area contributed by atoms with E-state index in [9.17, 15) is 4.79 Å². The first-order chi connectivity index (χ1) is 10.6. The minimum absolute atomic E-state index is 0.180. The van der Waals surface area contributed by atoms with Gasteiger partial charge in [-0.15, -0.1) is 0 Å². The summed E-state index contributed by atoms with van der Waals surface area (Å²) in [6.07, 6.45) is 4.36. The summed E-state index contributed by atoms with van der Waals surface area (Å²) < 4.78 is 7.47. The van der Waals surface area contributed by atoms with Gasteiger partial charge in [-0.1, -0.05) is 13.8 Å². The zero-order chi connectivity index (χ0) is 15.5. The highest BCUT2D eigenvalue weighted by atomic mass is 16.5. The minimum Gasteiger partial charge on any atom is -0.376 e. The Labute approximate surface area is 129 Å². The highest BCUT2D eigenvalue weighted by Crippen LogP contribution is 2.18. The fourth-order valence-corrected chi connectivity index (χ4v) is 2.61. The number of ether oxygens (including phenoxy) is 1. The second kappa shape index (κ2) is 6.31. The van der Waals surface area contributed by atoms with Crippen LogP contribution in [-0.2, 0) is 30.9 Å². The summed E-state index contributed by atoms with van der Waals surface area (Å²) in [7, 11) is 0. The predicted octanol–water partition coefficient (Wildman–Crippen LogP) is 1.26. The fourth-order valence-electron chi connectivity index (χ4n) is 2.61. The molecule has 0 saturated carbocycles. The smallest absolute Gasteiger partial charge is 0.272 e. The monoisotopic (exact) mass is 303 g/mol. The molecule has 0 aromatic carbocycles. The summed E-state index contributed by atoms with van der Waals surface area (Å²) >= 11 is 0. The quantitative estimate of drug-likeness (QED) is 0.871. The zero-order valence-electron chi connectivity index (χ0n) is 12.9. The van der Waals surface area contributed by atoms with Crippen molar-refractivity contribution in [2.75, 3.05) is 6.61 Å². The van der Waals surface area contributed by atoms with E-state index in [2.05, 4.69) is 38.9 Å². The van der Waals surface area contributed by atoms with Gasteiger partial charge in [0, 0.05) is 30.4 Å². The van der Waals surface area contributed by atoms with Crippen LogP contribution >= 0.6 is 0 Å². The lowest BCUT2D eigenvalue weighted by Gasteiger charge is -2.13. The normalized spacial score (nSPS) is 14.1. The standard InChI is InChI=1S/C15H21N5O2/c1-10(2)7-20-9-16-5-11(20)6-17-15(21)14-12-8-22-4-3-13(12)18-19-14/h5,9-10H,3-4,6-8H2,1-2H3,(H,17,21)(H,18,19). The second-order valence-electron chi connectivity index (χ2n) is 5.95. The molecule has 0 unspecified atom stereocenters. The van der Waals surface area contributed by atoms with Crippen molar-refractivity contribution < 1.29 is 9.53 Å². The molecule has 0 radical (unpaired) electrons. The van der Waals surface area contributed by atoms with Crippen molar-refractivity contribution in [2.45, 2.75) is 40.0 Å². The van der Waals surface area contributed by atoms with Gasteiger partial charge in [0.05, 0.1) is 31.8 Å². The minimum atomic E-state index is -0.180. The highest BCUT2D eigenvalue weighted by Gasteiger charge is 2.22. The number of amides is 1. The third-order valence-electron chi connectivity index (χ3n) is 3.70. The number of H-pyrrole nitrogens is 1. The second-order valence-corrected chi connectivity index (χ2v) is 5.95. The largest absolute Gasteiger partial charge is 0.376 e. The summed E-state index contributed by atoms with van der Waals surface area (Å²) in [5, 5.41) is 9.97. The topological polar surface area (TPSA) is 84.8 Å². The highest BCUT2D eigenvalue weighted by molar-refractivity contribution is 5.93. The van der Waals surface area contributed by atoms with E-state index in [0.29, 0.717) is 31.4 Å². The Bertz CT molecular complexity index is 659. The van der Waals surface area contributed by atoms with Crippen molar-refractivity contribution in [3.05, 3.63) is 35.2 Å². The van der Waals surface area contributed by atoms with E-state index in [-0.39, 0.29) is 5.91 Å². The molecule has 118 valence electrons. The first-order valence-electron chi connectivity index (χ1n) is 7.56. The van der Waals surface area contributed by atoms with Crippen LogP contribution in [0, 0.1) is 5.92 Å². The summed E-state index contributed by atoms with van der Waals surface area (Å²) in [5.74, 6) is 0.347. The van der Waals surface area contributed by atoms with Crippen molar-refractivity contribution in [1.29, 1.82) is 0 Å². The SMILES string of the molecule is CC(C)Cn1cncc1CNC(=O)c1n[nH]c2c1COCC2. The number of nitrogens with zero attached hydrogens (tertiary/aromatic N) is 3. The van der Waals surface area contributed by atoms with Crippen LogP contribution in [-0.4, -0.2) is 32.3 Å². The Morgan fingerprint density at radius 1 is 1.55 bits per heavy atom. The molecule has 0 saturated heterocycles. The first-order valence-corrected chi connectivity index (χ1v) is 7.56. The molecule has 7 heteroatoms. The van der Waals surface area contributed by atoms with Gasteiger partial charge in [-0.3, -0.25) is 9.89 Å². The zero-order valence-corrected chi connectivity index (χ0v) is 12.9. The Morgan fingerprint density at radius 3 is 3.23 bits per heavy atom. The van der Waals surface area contributed by atoms with Crippen molar-refractivity contribution in [2.24, 2.45) is 5.92 Å². The molecule has 0 fully saturated rings. The molecule has 2 aromatic rings. The molecule has 2 aromatic heterocycles. The molecular formula is C15H21N5O2. The molecule has 1 aliphatic heterocycles. The van der Waals surface area contributed by atoms with Crippen molar-refractivity contribution >= 4 is 5.91 Å². The third-order valence-corrected chi connectivity index (χ3v) is 3.70. The third kappa shape index (κ3) is 3.04. The summed E-state index contributed by atoms with van der Waals surface area (Å²) in [4.78, 5) is 16.5. The van der Waals surface area contributed by atoms with Crippen LogP contribution in [0.5, 0.6) is 0 Å². The van der Waals surface area contributed by atoms with E-state index in [0.717, 1.165) is 29.9 Å². The maximum absolute atomic E-state index is 12.3. The fraction of sp³-hybridized carbons (Fsp3) is 0.533. The van der Waals surface area contributed by atoms with Crippen LogP contribution in [0.3, 0.4) is 0 Å². The van der Waals surface area contributed by atoms with Gasteiger partial charge in [-0.05, 0) is 5.92 Å². The molecule has 22 heavy (non-hydrogen) atoms. The van der Waals surface area contributed by atoms with Gasteiger partial charge in [0.2, 0.25) is 0 Å². The number of hydrogen-bond donors (Lipinski definition) is 2. The van der Waals surface area contributed by atoms with E-state index < -0.39 is 0 Å². The molecule has 3 heterocycles. The molecule has 3 rings (SSSR count). The number of carbonyl (C=O) groups is 1. The van der Waals surface area contributed by atoms with Gasteiger partial charge >= 0.3 is 0 Å². The number of hydrogen-bond acceptors (Lipinski definition) is 4. The lowest BCUT2D eigenvalue weighted by molar-refractivity contribution is 0.0922. The summed E-state index contributed by atoms with van der Waals surface area (Å²) in [5.41, 5.74) is 3.30. The Balaban J connectivity index is 1.66. The number of aromatic amines is 1. The van der Waals surface area contributed by atoms with Crippen LogP contribution in [0.15, 0.2) is 12.5 Å². The van der Waals surface area contributed by atoms with Gasteiger partial charge in [-0.2, -0.15) is 5.10 Å². The predicted molar refractivity (Wildman–Crippen MR) is 80.2 cm³/mol. The average Bonchev–Trinajstić information content (AvgIpc) is 3.11. The van der Waals surface area contributed by atoms with Gasteiger partial charge in [0.25, 0.3) is 5.91 Å². The molecule has 0 bridgehead atoms. The van der Waals surface area contributed by atoms with Crippen LogP contribution < -0.4 is 5.32 Å². The van der Waals surface area contributed by atoms with Gasteiger partial charge in [0.15, 0.2) is 5.69 Å². The lowest BCUT2D eigenvalue weighted by atomic mass is 10.1. The molecule has 1 aliphatic rings. The Hall–Kier alpha value is -2.15. The van der Waals surface area contributed by atoms with E-state index >= 15 is 0 Å². The molecule has 0 spiro atoms. The number of aromatic nitrogens is 4. The first kappa shape index (κ1) is 14.8. The number of nitrogens with one attached hydrogen (secondary N) is 2. The Morgan fingerprint density at radius 2 is 2.41 bits per heavy atom. The van der Waals surface area contributed by atoms with Crippen LogP contribution in [0.25, 0.3) is 0 Å². The molecule has 0 aliphatic carbocycles. The molecule has 1 amide bonds. The molecule has 7 nitrogen and oxygen atoms in total. The summed E-state index contributed by atoms with van der Waals surface area (Å²) in [6.45, 7) is 6.74. The molecule has 2 N–H and O–H groups in total. The van der Waals surface area contributed by atoms with E-state index in [1.165, 1.54) is 0 Å². The van der Waals surface area contributed by atoms with E-state index in [4.69, 9.17) is 4.74 Å². The molecule has 0 atom stereocenters. The van der Waals surface area contributed by atoms with Crippen LogP contribution in [0.4, 0.5) is 0 Å².